The van der Waals surface area contributed by atoms with Gasteiger partial charge in [0.1, 0.15) is 11.3 Å². The molecule has 2 aromatic heterocycles. The number of carbonyl (C=O) groups is 1. The lowest BCUT2D eigenvalue weighted by Crippen LogP contribution is -2.16. The van der Waals surface area contributed by atoms with E-state index >= 15 is 0 Å². The molecule has 0 fully saturated rings. The largest absolute Gasteiger partial charge is 0.438 e. The van der Waals surface area contributed by atoms with Gasteiger partial charge in [-0.1, -0.05) is 26.0 Å². The summed E-state index contributed by atoms with van der Waals surface area (Å²) < 4.78 is 8.43. The smallest absolute Gasteiger partial charge is 0.219 e. The molecule has 0 radical (unpaired) electrons. The first-order valence-electron chi connectivity index (χ1n) is 7.91. The summed E-state index contributed by atoms with van der Waals surface area (Å²) in [6.07, 6.45) is 1.55. The Morgan fingerprint density at radius 2 is 2.04 bits per heavy atom. The molecule has 0 bridgehead atoms. The summed E-state index contributed by atoms with van der Waals surface area (Å²) in [5, 5.41) is 8.51. The van der Waals surface area contributed by atoms with Crippen molar-refractivity contribution in [2.24, 2.45) is 5.41 Å². The molecule has 0 aliphatic rings. The van der Waals surface area contributed by atoms with Crippen molar-refractivity contribution in [2.75, 3.05) is 0 Å². The van der Waals surface area contributed by atoms with E-state index in [9.17, 15) is 4.79 Å². The van der Waals surface area contributed by atoms with Crippen LogP contribution in [0.1, 0.15) is 38.1 Å². The molecular formula is C18H19BrN4O2. The molecule has 3 rings (SSSR count). The summed E-state index contributed by atoms with van der Waals surface area (Å²) in [4.78, 5) is 15.7. The van der Waals surface area contributed by atoms with E-state index in [0.29, 0.717) is 21.7 Å². The van der Waals surface area contributed by atoms with Gasteiger partial charge in [0.2, 0.25) is 5.88 Å². The maximum Gasteiger partial charge on any atom is 0.219 e. The fourth-order valence-corrected chi connectivity index (χ4v) is 2.92. The number of halogens is 1. The minimum atomic E-state index is -0.0353. The Bertz CT molecular complexity index is 944. The van der Waals surface area contributed by atoms with Crippen LogP contribution in [0.25, 0.3) is 11.0 Å². The molecule has 0 amide bonds. The van der Waals surface area contributed by atoms with Gasteiger partial charge in [0, 0.05) is 24.4 Å². The minimum Gasteiger partial charge on any atom is -0.438 e. The van der Waals surface area contributed by atoms with E-state index in [1.807, 2.05) is 16.8 Å². The van der Waals surface area contributed by atoms with Gasteiger partial charge in [-0.05, 0) is 46.5 Å². The first kappa shape index (κ1) is 17.5. The van der Waals surface area contributed by atoms with E-state index in [1.54, 1.807) is 18.3 Å². The Morgan fingerprint density at radius 3 is 2.72 bits per heavy atom. The first-order valence-corrected chi connectivity index (χ1v) is 8.70. The highest BCUT2D eigenvalue weighted by atomic mass is 79.9. The van der Waals surface area contributed by atoms with Crippen LogP contribution in [-0.2, 0) is 6.54 Å². The van der Waals surface area contributed by atoms with Crippen LogP contribution >= 0.6 is 15.9 Å². The van der Waals surface area contributed by atoms with Gasteiger partial charge in [-0.25, -0.2) is 9.67 Å². The van der Waals surface area contributed by atoms with Gasteiger partial charge in [-0.15, -0.1) is 5.10 Å². The number of hydrogen-bond acceptors (Lipinski definition) is 5. The quantitative estimate of drug-likeness (QED) is 0.594. The fourth-order valence-electron chi connectivity index (χ4n) is 2.43. The van der Waals surface area contributed by atoms with E-state index < -0.39 is 0 Å². The normalized spacial score (nSPS) is 11.7. The lowest BCUT2D eigenvalue weighted by atomic mass is 9.97. The summed E-state index contributed by atoms with van der Waals surface area (Å²) in [6, 6.07) is 7.05. The predicted molar refractivity (Wildman–Crippen MR) is 99.0 cm³/mol. The molecule has 6 nitrogen and oxygen atoms in total. The minimum absolute atomic E-state index is 0.0353. The van der Waals surface area contributed by atoms with Crippen molar-refractivity contribution in [3.63, 3.8) is 0 Å². The molecule has 130 valence electrons. The van der Waals surface area contributed by atoms with Crippen LogP contribution < -0.4 is 4.74 Å². The van der Waals surface area contributed by atoms with Crippen molar-refractivity contribution in [3.05, 3.63) is 40.5 Å². The average molecular weight is 403 g/mol. The van der Waals surface area contributed by atoms with E-state index in [4.69, 9.17) is 4.74 Å². The Labute approximate surface area is 154 Å². The number of carbonyl (C=O) groups excluding carboxylic acids is 1. The molecule has 7 heteroatoms. The van der Waals surface area contributed by atoms with E-state index in [1.165, 1.54) is 6.92 Å². The molecule has 0 N–H and O–H groups in total. The van der Waals surface area contributed by atoms with Crippen molar-refractivity contribution in [3.8, 4) is 11.6 Å². The molecule has 25 heavy (non-hydrogen) atoms. The number of fused-ring (bicyclic) bond motifs is 1. The van der Waals surface area contributed by atoms with Gasteiger partial charge in [0.05, 0.1) is 9.99 Å². The number of ketones is 1. The maximum atomic E-state index is 11.5. The summed E-state index contributed by atoms with van der Waals surface area (Å²) >= 11 is 3.54. The number of rotatable bonds is 4. The van der Waals surface area contributed by atoms with Gasteiger partial charge in [-0.2, -0.15) is 0 Å². The third-order valence-corrected chi connectivity index (χ3v) is 4.34. The summed E-state index contributed by atoms with van der Waals surface area (Å²) in [6.45, 7) is 8.73. The third-order valence-electron chi connectivity index (χ3n) is 3.57. The second kappa shape index (κ2) is 6.55. The van der Waals surface area contributed by atoms with E-state index in [0.717, 1.165) is 17.6 Å². The number of pyridine rings is 1. The molecular weight excluding hydrogens is 384 g/mol. The number of nitrogens with zero attached hydrogens (tertiary/aromatic N) is 4. The average Bonchev–Trinajstić information content (AvgIpc) is 2.92. The zero-order valence-electron chi connectivity index (χ0n) is 14.6. The van der Waals surface area contributed by atoms with E-state index in [2.05, 4.69) is 52.0 Å². The highest BCUT2D eigenvalue weighted by molar-refractivity contribution is 9.10. The monoisotopic (exact) mass is 402 g/mol. The summed E-state index contributed by atoms with van der Waals surface area (Å²) in [5.41, 5.74) is 2.31. The van der Waals surface area contributed by atoms with Crippen molar-refractivity contribution in [1.29, 1.82) is 0 Å². The zero-order valence-corrected chi connectivity index (χ0v) is 16.2. The van der Waals surface area contributed by atoms with E-state index in [-0.39, 0.29) is 11.2 Å². The Balaban J connectivity index is 1.95. The second-order valence-electron chi connectivity index (χ2n) is 7.09. The topological polar surface area (TPSA) is 69.9 Å². The number of hydrogen-bond donors (Lipinski definition) is 0. The number of ether oxygens (including phenoxy) is 1. The third kappa shape index (κ3) is 3.87. The number of aromatic nitrogens is 4. The number of benzene rings is 1. The van der Waals surface area contributed by atoms with Gasteiger partial charge in [0.15, 0.2) is 5.78 Å². The van der Waals surface area contributed by atoms with Crippen LogP contribution in [0.4, 0.5) is 0 Å². The predicted octanol–water partition coefficient (Wildman–Crippen LogP) is 4.63. The van der Waals surface area contributed by atoms with Crippen LogP contribution in [0.5, 0.6) is 11.6 Å². The van der Waals surface area contributed by atoms with Crippen molar-refractivity contribution >= 4 is 32.7 Å². The lowest BCUT2D eigenvalue weighted by molar-refractivity contribution is 0.101. The van der Waals surface area contributed by atoms with Crippen LogP contribution in [0.3, 0.4) is 0 Å². The molecule has 0 aliphatic carbocycles. The summed E-state index contributed by atoms with van der Waals surface area (Å²) in [7, 11) is 0. The van der Waals surface area contributed by atoms with Crippen LogP contribution in [0.2, 0.25) is 0 Å². The zero-order chi connectivity index (χ0) is 18.2. The van der Waals surface area contributed by atoms with Crippen molar-refractivity contribution < 1.29 is 9.53 Å². The number of Topliss-reactive ketones (excluding diaryl/α,β-unsaturated/α-hetero) is 1. The van der Waals surface area contributed by atoms with Crippen molar-refractivity contribution in [2.45, 2.75) is 34.2 Å². The standard InChI is InChI=1S/C18H19BrN4O2/c1-11(24)12-7-8-20-15(9-12)25-14-6-5-13-17(16(14)19)21-22-23(13)10-18(2,3)4/h5-9H,10H2,1-4H3. The Kier molecular flexibility index (Phi) is 4.60. The van der Waals surface area contributed by atoms with Crippen LogP contribution in [0, 0.1) is 5.41 Å². The second-order valence-corrected chi connectivity index (χ2v) is 7.89. The molecule has 0 saturated carbocycles. The molecule has 1 aromatic carbocycles. The molecule has 0 aliphatic heterocycles. The first-order chi connectivity index (χ1) is 11.7. The SMILES string of the molecule is CC(=O)c1ccnc(Oc2ccc3c(nnn3CC(C)(C)C)c2Br)c1. The maximum absolute atomic E-state index is 11.5. The van der Waals surface area contributed by atoms with Crippen LogP contribution in [0.15, 0.2) is 34.9 Å². The fraction of sp³-hybridized carbons (Fsp3) is 0.333. The van der Waals surface area contributed by atoms with Crippen molar-refractivity contribution in [1.82, 2.24) is 20.0 Å². The van der Waals surface area contributed by atoms with Gasteiger partial charge in [0.25, 0.3) is 0 Å². The summed E-state index contributed by atoms with van der Waals surface area (Å²) in [5.74, 6) is 0.894. The highest BCUT2D eigenvalue weighted by Gasteiger charge is 2.18. The van der Waals surface area contributed by atoms with Gasteiger partial charge < -0.3 is 4.74 Å². The Morgan fingerprint density at radius 1 is 1.28 bits per heavy atom. The Hall–Kier alpha value is -2.28. The van der Waals surface area contributed by atoms with Gasteiger partial charge >= 0.3 is 0 Å². The molecule has 0 spiro atoms. The molecule has 0 atom stereocenters. The highest BCUT2D eigenvalue weighted by Crippen LogP contribution is 2.35. The molecule has 0 unspecified atom stereocenters. The lowest BCUT2D eigenvalue weighted by Gasteiger charge is -2.18. The van der Waals surface area contributed by atoms with Gasteiger partial charge in [-0.3, -0.25) is 4.79 Å². The molecule has 3 aromatic rings. The van der Waals surface area contributed by atoms with Crippen LogP contribution in [-0.4, -0.2) is 25.8 Å². The molecule has 0 saturated heterocycles. The molecule has 2 heterocycles.